The average Bonchev–Trinajstić information content (AvgIpc) is 2.39. The zero-order valence-corrected chi connectivity index (χ0v) is 12.2. The van der Waals surface area contributed by atoms with Gasteiger partial charge in [-0.05, 0) is 43.9 Å². The highest BCUT2D eigenvalue weighted by Gasteiger charge is 2.25. The van der Waals surface area contributed by atoms with Crippen molar-refractivity contribution in [3.05, 3.63) is 29.3 Å². The molecule has 0 radical (unpaired) electrons. The molecule has 1 heterocycles. The largest absolute Gasteiger partial charge is 0.481 e. The van der Waals surface area contributed by atoms with E-state index in [1.807, 2.05) is 17.0 Å². The van der Waals surface area contributed by atoms with Crippen molar-refractivity contribution in [2.45, 2.75) is 32.8 Å². The highest BCUT2D eigenvalue weighted by Crippen LogP contribution is 2.20. The van der Waals surface area contributed by atoms with Gasteiger partial charge in [-0.25, -0.2) is 0 Å². The number of benzene rings is 1. The van der Waals surface area contributed by atoms with Crippen molar-refractivity contribution in [3.63, 3.8) is 0 Å². The minimum atomic E-state index is -0.466. The minimum Gasteiger partial charge on any atom is -0.481 e. The molecule has 1 aliphatic heterocycles. The molecule has 1 aromatic carbocycles. The third-order valence-electron chi connectivity index (χ3n) is 3.55. The first-order valence-electron chi connectivity index (χ1n) is 6.77. The summed E-state index contributed by atoms with van der Waals surface area (Å²) in [4.78, 5) is 14.2. The van der Waals surface area contributed by atoms with E-state index >= 15 is 0 Å². The summed E-state index contributed by atoms with van der Waals surface area (Å²) in [6.45, 7) is 5.70. The fourth-order valence-corrected chi connectivity index (χ4v) is 2.46. The smallest absolute Gasteiger partial charge is 0.263 e. The Morgan fingerprint density at radius 1 is 1.42 bits per heavy atom. The van der Waals surface area contributed by atoms with Crippen molar-refractivity contribution in [1.82, 2.24) is 4.90 Å². The maximum Gasteiger partial charge on any atom is 0.263 e. The number of amides is 1. The van der Waals surface area contributed by atoms with Crippen LogP contribution in [0.5, 0.6) is 5.75 Å². The van der Waals surface area contributed by atoms with Gasteiger partial charge in [0.15, 0.2) is 6.10 Å². The lowest BCUT2D eigenvalue weighted by molar-refractivity contribution is -0.139. The number of ether oxygens (including phenoxy) is 1. The van der Waals surface area contributed by atoms with E-state index in [4.69, 9.17) is 16.3 Å². The van der Waals surface area contributed by atoms with Crippen molar-refractivity contribution in [3.8, 4) is 5.75 Å². The highest BCUT2D eigenvalue weighted by molar-refractivity contribution is 6.30. The third-order valence-corrected chi connectivity index (χ3v) is 3.79. The molecule has 104 valence electrons. The molecule has 1 saturated heterocycles. The van der Waals surface area contributed by atoms with Gasteiger partial charge in [0.25, 0.3) is 5.91 Å². The standard InChI is InChI=1S/C15H20ClNO2/c1-11-6-8-17(9-7-11)15(18)12(2)19-14-5-3-4-13(16)10-14/h3-5,10-12H,6-9H2,1-2H3/t12-/m0/s1. The first kappa shape index (κ1) is 14.2. The highest BCUT2D eigenvalue weighted by atomic mass is 35.5. The van der Waals surface area contributed by atoms with E-state index in [0.29, 0.717) is 16.7 Å². The van der Waals surface area contributed by atoms with Gasteiger partial charge in [0.1, 0.15) is 5.75 Å². The molecule has 2 rings (SSSR count). The summed E-state index contributed by atoms with van der Waals surface area (Å²) in [6.07, 6.45) is 1.69. The number of carbonyl (C=O) groups is 1. The molecule has 1 atom stereocenters. The lowest BCUT2D eigenvalue weighted by atomic mass is 9.99. The predicted molar refractivity (Wildman–Crippen MR) is 76.5 cm³/mol. The van der Waals surface area contributed by atoms with Gasteiger partial charge in [0.05, 0.1) is 0 Å². The van der Waals surface area contributed by atoms with Crippen molar-refractivity contribution in [2.75, 3.05) is 13.1 Å². The maximum absolute atomic E-state index is 12.3. The van der Waals surface area contributed by atoms with Crippen LogP contribution >= 0.6 is 11.6 Å². The van der Waals surface area contributed by atoms with Gasteiger partial charge in [-0.1, -0.05) is 24.6 Å². The van der Waals surface area contributed by atoms with Gasteiger partial charge in [-0.2, -0.15) is 0 Å². The van der Waals surface area contributed by atoms with E-state index < -0.39 is 6.10 Å². The van der Waals surface area contributed by atoms with Gasteiger partial charge < -0.3 is 9.64 Å². The number of rotatable bonds is 3. The van der Waals surface area contributed by atoms with Crippen LogP contribution in [0.2, 0.25) is 5.02 Å². The molecular weight excluding hydrogens is 262 g/mol. The van der Waals surface area contributed by atoms with Gasteiger partial charge in [-0.3, -0.25) is 4.79 Å². The third kappa shape index (κ3) is 3.87. The number of carbonyl (C=O) groups excluding carboxylic acids is 1. The molecule has 1 fully saturated rings. The summed E-state index contributed by atoms with van der Waals surface area (Å²) < 4.78 is 5.66. The molecule has 0 saturated carbocycles. The Labute approximate surface area is 119 Å². The molecule has 1 amide bonds. The van der Waals surface area contributed by atoms with Crippen LogP contribution in [0.1, 0.15) is 26.7 Å². The molecule has 4 heteroatoms. The molecule has 0 unspecified atom stereocenters. The Morgan fingerprint density at radius 3 is 2.74 bits per heavy atom. The molecule has 0 N–H and O–H groups in total. The van der Waals surface area contributed by atoms with Gasteiger partial charge in [-0.15, -0.1) is 0 Å². The minimum absolute atomic E-state index is 0.0619. The van der Waals surface area contributed by atoms with Crippen LogP contribution in [-0.2, 0) is 4.79 Å². The lowest BCUT2D eigenvalue weighted by Gasteiger charge is -2.32. The van der Waals surface area contributed by atoms with Crippen molar-refractivity contribution >= 4 is 17.5 Å². The number of halogens is 1. The Hall–Kier alpha value is -1.22. The summed E-state index contributed by atoms with van der Waals surface area (Å²) in [5.74, 6) is 1.42. The zero-order chi connectivity index (χ0) is 13.8. The normalized spacial score (nSPS) is 18.2. The monoisotopic (exact) mass is 281 g/mol. The molecule has 3 nitrogen and oxygen atoms in total. The number of hydrogen-bond acceptors (Lipinski definition) is 2. The number of nitrogens with zero attached hydrogens (tertiary/aromatic N) is 1. The van der Waals surface area contributed by atoms with E-state index in [9.17, 15) is 4.79 Å². The Bertz CT molecular complexity index is 442. The summed E-state index contributed by atoms with van der Waals surface area (Å²) in [5, 5.41) is 0.615. The second kappa shape index (κ2) is 6.29. The van der Waals surface area contributed by atoms with Crippen molar-refractivity contribution in [2.24, 2.45) is 5.92 Å². The van der Waals surface area contributed by atoms with Crippen LogP contribution in [0.15, 0.2) is 24.3 Å². The second-order valence-corrected chi connectivity index (χ2v) is 5.66. The van der Waals surface area contributed by atoms with E-state index in [-0.39, 0.29) is 5.91 Å². The number of hydrogen-bond donors (Lipinski definition) is 0. The summed E-state index contributed by atoms with van der Waals surface area (Å²) >= 11 is 5.90. The fraction of sp³-hybridized carbons (Fsp3) is 0.533. The zero-order valence-electron chi connectivity index (χ0n) is 11.4. The topological polar surface area (TPSA) is 29.5 Å². The maximum atomic E-state index is 12.3. The lowest BCUT2D eigenvalue weighted by Crippen LogP contribution is -2.44. The number of likely N-dealkylation sites (tertiary alicyclic amines) is 1. The van der Waals surface area contributed by atoms with Crippen LogP contribution in [0.3, 0.4) is 0 Å². The van der Waals surface area contributed by atoms with E-state index in [2.05, 4.69) is 6.92 Å². The van der Waals surface area contributed by atoms with Crippen LogP contribution < -0.4 is 4.74 Å². The molecule has 0 aliphatic carbocycles. The molecule has 0 bridgehead atoms. The molecule has 1 aromatic rings. The van der Waals surface area contributed by atoms with Crippen molar-refractivity contribution < 1.29 is 9.53 Å². The first-order valence-corrected chi connectivity index (χ1v) is 7.15. The van der Waals surface area contributed by atoms with Crippen LogP contribution in [-0.4, -0.2) is 30.0 Å². The molecular formula is C15H20ClNO2. The van der Waals surface area contributed by atoms with Gasteiger partial charge >= 0.3 is 0 Å². The van der Waals surface area contributed by atoms with Crippen LogP contribution in [0.4, 0.5) is 0 Å². The van der Waals surface area contributed by atoms with Crippen LogP contribution in [0, 0.1) is 5.92 Å². The second-order valence-electron chi connectivity index (χ2n) is 5.23. The number of piperidine rings is 1. The Morgan fingerprint density at radius 2 is 2.11 bits per heavy atom. The Balaban J connectivity index is 1.92. The molecule has 19 heavy (non-hydrogen) atoms. The summed E-state index contributed by atoms with van der Waals surface area (Å²) in [5.41, 5.74) is 0. The molecule has 0 spiro atoms. The van der Waals surface area contributed by atoms with Crippen LogP contribution in [0.25, 0.3) is 0 Å². The fourth-order valence-electron chi connectivity index (χ4n) is 2.28. The van der Waals surface area contributed by atoms with Gasteiger partial charge in [0, 0.05) is 18.1 Å². The van der Waals surface area contributed by atoms with Crippen molar-refractivity contribution in [1.29, 1.82) is 0 Å². The summed E-state index contributed by atoms with van der Waals surface area (Å²) in [7, 11) is 0. The quantitative estimate of drug-likeness (QED) is 0.850. The Kier molecular flexibility index (Phi) is 4.70. The summed E-state index contributed by atoms with van der Waals surface area (Å²) in [6, 6.07) is 7.14. The van der Waals surface area contributed by atoms with E-state index in [1.165, 1.54) is 0 Å². The van der Waals surface area contributed by atoms with E-state index in [0.717, 1.165) is 25.9 Å². The molecule has 0 aromatic heterocycles. The predicted octanol–water partition coefficient (Wildman–Crippen LogP) is 3.37. The molecule has 1 aliphatic rings. The van der Waals surface area contributed by atoms with E-state index in [1.54, 1.807) is 19.1 Å². The SMILES string of the molecule is CC1CCN(C(=O)[C@H](C)Oc2cccc(Cl)c2)CC1. The first-order chi connectivity index (χ1) is 9.06. The van der Waals surface area contributed by atoms with Gasteiger partial charge in [0.2, 0.25) is 0 Å². The average molecular weight is 282 g/mol.